The molecule has 0 spiro atoms. The second kappa shape index (κ2) is 4.90. The van der Waals surface area contributed by atoms with Gasteiger partial charge in [-0.25, -0.2) is 0 Å². The van der Waals surface area contributed by atoms with Gasteiger partial charge < -0.3 is 10.1 Å². The minimum Gasteiger partial charge on any atom is -0.481 e. The van der Waals surface area contributed by atoms with Gasteiger partial charge in [0.15, 0.2) is 0 Å². The van der Waals surface area contributed by atoms with Gasteiger partial charge in [-0.05, 0) is 16.9 Å². The van der Waals surface area contributed by atoms with Gasteiger partial charge in [-0.1, -0.05) is 51.8 Å². The highest BCUT2D eigenvalue weighted by Crippen LogP contribution is 2.62. The average Bonchev–Trinajstić information content (AvgIpc) is 2.76. The number of benzene rings is 1. The maximum Gasteiger partial charge on any atom is 0.148 e. The zero-order chi connectivity index (χ0) is 14.1. The van der Waals surface area contributed by atoms with Crippen LogP contribution < -0.4 is 10.1 Å². The lowest BCUT2D eigenvalue weighted by Gasteiger charge is -2.11. The lowest BCUT2D eigenvalue weighted by atomic mass is 10.0. The molecule has 1 aliphatic carbocycles. The van der Waals surface area contributed by atoms with Crippen LogP contribution in [0.3, 0.4) is 0 Å². The fourth-order valence-corrected chi connectivity index (χ4v) is 2.83. The zero-order valence-electron chi connectivity index (χ0n) is 12.3. The number of hydrogen-bond donors (Lipinski definition) is 1. The van der Waals surface area contributed by atoms with E-state index in [1.165, 1.54) is 0 Å². The maximum absolute atomic E-state index is 5.57. The molecule has 0 saturated heterocycles. The van der Waals surface area contributed by atoms with Crippen molar-refractivity contribution in [1.29, 1.82) is 0 Å². The minimum atomic E-state index is 0.317. The summed E-state index contributed by atoms with van der Waals surface area (Å²) in [6, 6.07) is 8.60. The maximum atomic E-state index is 5.57. The van der Waals surface area contributed by atoms with Crippen molar-refractivity contribution in [2.45, 2.75) is 40.3 Å². The summed E-state index contributed by atoms with van der Waals surface area (Å²) in [6.07, 6.45) is 5.24. The standard InChI is InChI=1S/C17H23NO/c1-6-11-19-14-10-8-7-9-13(14)12-18-15-16(2,3)17(15,4)5/h1,7-10,15,18H,11-12H2,2-5H3. The quantitative estimate of drug-likeness (QED) is 0.818. The number of hydrogen-bond acceptors (Lipinski definition) is 2. The van der Waals surface area contributed by atoms with Gasteiger partial charge in [0.2, 0.25) is 0 Å². The van der Waals surface area contributed by atoms with Crippen molar-refractivity contribution in [3.05, 3.63) is 29.8 Å². The molecule has 19 heavy (non-hydrogen) atoms. The lowest BCUT2D eigenvalue weighted by Crippen LogP contribution is -2.22. The fourth-order valence-electron chi connectivity index (χ4n) is 2.83. The molecule has 0 amide bonds. The monoisotopic (exact) mass is 257 g/mol. The second-order valence-corrected chi connectivity index (χ2v) is 6.36. The highest BCUT2D eigenvalue weighted by molar-refractivity contribution is 5.34. The topological polar surface area (TPSA) is 21.3 Å². The van der Waals surface area contributed by atoms with E-state index in [-0.39, 0.29) is 0 Å². The van der Waals surface area contributed by atoms with Gasteiger partial charge in [-0.2, -0.15) is 0 Å². The molecular formula is C17H23NO. The molecule has 1 aromatic rings. The largest absolute Gasteiger partial charge is 0.481 e. The van der Waals surface area contributed by atoms with Gasteiger partial charge in [-0.15, -0.1) is 6.42 Å². The van der Waals surface area contributed by atoms with Gasteiger partial charge >= 0.3 is 0 Å². The van der Waals surface area contributed by atoms with Crippen LogP contribution in [0.15, 0.2) is 24.3 Å². The third-order valence-corrected chi connectivity index (χ3v) is 4.80. The van der Waals surface area contributed by atoms with Crippen LogP contribution in [0.2, 0.25) is 0 Å². The summed E-state index contributed by atoms with van der Waals surface area (Å²) in [5.74, 6) is 3.38. The molecule has 1 aromatic carbocycles. The molecule has 0 bridgehead atoms. The van der Waals surface area contributed by atoms with E-state index < -0.39 is 0 Å². The van der Waals surface area contributed by atoms with E-state index in [1.807, 2.05) is 18.2 Å². The van der Waals surface area contributed by atoms with Crippen molar-refractivity contribution in [2.24, 2.45) is 10.8 Å². The van der Waals surface area contributed by atoms with Crippen molar-refractivity contribution in [1.82, 2.24) is 5.32 Å². The molecule has 2 nitrogen and oxygen atoms in total. The Bertz CT molecular complexity index is 482. The van der Waals surface area contributed by atoms with Crippen molar-refractivity contribution < 1.29 is 4.74 Å². The van der Waals surface area contributed by atoms with Crippen LogP contribution in [0.4, 0.5) is 0 Å². The molecule has 0 atom stereocenters. The van der Waals surface area contributed by atoms with E-state index in [1.54, 1.807) is 0 Å². The van der Waals surface area contributed by atoms with E-state index in [0.29, 0.717) is 23.5 Å². The van der Waals surface area contributed by atoms with Crippen LogP contribution >= 0.6 is 0 Å². The van der Waals surface area contributed by atoms with Gasteiger partial charge in [0, 0.05) is 18.2 Å². The van der Waals surface area contributed by atoms with E-state index in [0.717, 1.165) is 17.9 Å². The van der Waals surface area contributed by atoms with E-state index in [2.05, 4.69) is 45.0 Å². The predicted octanol–water partition coefficient (Wildman–Crippen LogP) is 3.22. The van der Waals surface area contributed by atoms with E-state index >= 15 is 0 Å². The molecule has 1 fully saturated rings. The Morgan fingerprint density at radius 2 is 1.84 bits per heavy atom. The van der Waals surface area contributed by atoms with E-state index in [9.17, 15) is 0 Å². The average molecular weight is 257 g/mol. The summed E-state index contributed by atoms with van der Waals surface area (Å²) in [5, 5.41) is 3.64. The van der Waals surface area contributed by atoms with Crippen molar-refractivity contribution in [3.8, 4) is 18.1 Å². The summed E-state index contributed by atoms with van der Waals surface area (Å²) >= 11 is 0. The summed E-state index contributed by atoms with van der Waals surface area (Å²) in [6.45, 7) is 10.4. The molecule has 2 heteroatoms. The molecule has 102 valence electrons. The summed E-state index contributed by atoms with van der Waals surface area (Å²) in [5.41, 5.74) is 1.86. The van der Waals surface area contributed by atoms with E-state index in [4.69, 9.17) is 11.2 Å². The molecular weight excluding hydrogens is 234 g/mol. The molecule has 0 aromatic heterocycles. The molecule has 1 aliphatic rings. The van der Waals surface area contributed by atoms with Gasteiger partial charge in [-0.3, -0.25) is 0 Å². The summed E-state index contributed by atoms with van der Waals surface area (Å²) < 4.78 is 5.57. The Morgan fingerprint density at radius 1 is 1.21 bits per heavy atom. The van der Waals surface area contributed by atoms with Crippen LogP contribution in [0.1, 0.15) is 33.3 Å². The first kappa shape index (κ1) is 14.0. The predicted molar refractivity (Wildman–Crippen MR) is 79.0 cm³/mol. The minimum absolute atomic E-state index is 0.317. The van der Waals surface area contributed by atoms with Crippen LogP contribution in [-0.4, -0.2) is 12.6 Å². The van der Waals surface area contributed by atoms with Crippen LogP contribution in [0, 0.1) is 23.2 Å². The molecule has 1 saturated carbocycles. The van der Waals surface area contributed by atoms with Crippen LogP contribution in [0.5, 0.6) is 5.75 Å². The summed E-state index contributed by atoms with van der Waals surface area (Å²) in [7, 11) is 0. The lowest BCUT2D eigenvalue weighted by molar-refractivity contribution is 0.364. The SMILES string of the molecule is C#CCOc1ccccc1CNC1C(C)(C)C1(C)C. The van der Waals surface area contributed by atoms with Crippen LogP contribution in [0.25, 0.3) is 0 Å². The Labute approximate surface area is 116 Å². The first-order chi connectivity index (χ1) is 8.91. The molecule has 2 rings (SSSR count). The van der Waals surface area contributed by atoms with Crippen LogP contribution in [-0.2, 0) is 6.54 Å². The van der Waals surface area contributed by atoms with Crippen molar-refractivity contribution >= 4 is 0 Å². The molecule has 0 radical (unpaired) electrons. The number of ether oxygens (including phenoxy) is 1. The first-order valence-electron chi connectivity index (χ1n) is 6.79. The van der Waals surface area contributed by atoms with Gasteiger partial charge in [0.1, 0.15) is 12.4 Å². The third-order valence-electron chi connectivity index (χ3n) is 4.80. The smallest absolute Gasteiger partial charge is 0.148 e. The first-order valence-corrected chi connectivity index (χ1v) is 6.79. The Hall–Kier alpha value is -1.46. The Morgan fingerprint density at radius 3 is 2.42 bits per heavy atom. The number of rotatable bonds is 5. The highest BCUT2D eigenvalue weighted by atomic mass is 16.5. The zero-order valence-corrected chi connectivity index (χ0v) is 12.3. The number of para-hydroxylation sites is 1. The second-order valence-electron chi connectivity index (χ2n) is 6.36. The van der Waals surface area contributed by atoms with Crippen molar-refractivity contribution in [2.75, 3.05) is 6.61 Å². The Balaban J connectivity index is 1.99. The molecule has 1 N–H and O–H groups in total. The summed E-state index contributed by atoms with van der Waals surface area (Å²) in [4.78, 5) is 0. The fraction of sp³-hybridized carbons (Fsp3) is 0.529. The van der Waals surface area contributed by atoms with Gasteiger partial charge in [0.05, 0.1) is 0 Å². The normalized spacial score (nSPS) is 19.7. The highest BCUT2D eigenvalue weighted by Gasteiger charge is 2.64. The molecule has 0 aliphatic heterocycles. The molecule has 0 heterocycles. The van der Waals surface area contributed by atoms with Gasteiger partial charge in [0.25, 0.3) is 0 Å². The number of nitrogens with one attached hydrogen (secondary N) is 1. The number of terminal acetylenes is 1. The third kappa shape index (κ3) is 2.48. The van der Waals surface area contributed by atoms with Crippen molar-refractivity contribution in [3.63, 3.8) is 0 Å². The Kier molecular flexibility index (Phi) is 3.60. The molecule has 0 unspecified atom stereocenters.